The Kier molecular flexibility index (Phi) is 1.48. The van der Waals surface area contributed by atoms with Crippen molar-refractivity contribution in [3.05, 3.63) is 46.9 Å². The van der Waals surface area contributed by atoms with Crippen molar-refractivity contribution in [2.24, 2.45) is 7.05 Å². The lowest BCUT2D eigenvalue weighted by atomic mass is 10.2. The molecule has 0 radical (unpaired) electrons. The second-order valence-corrected chi connectivity index (χ2v) is 3.49. The van der Waals surface area contributed by atoms with Crippen LogP contribution in [0.4, 0.5) is 0 Å². The summed E-state index contributed by atoms with van der Waals surface area (Å²) < 4.78 is 3.29. The number of fused-ring (bicyclic) bond motifs is 2. The summed E-state index contributed by atoms with van der Waals surface area (Å²) in [6.45, 7) is 0. The third kappa shape index (κ3) is 1.01. The van der Waals surface area contributed by atoms with E-state index in [1.54, 1.807) is 15.3 Å². The van der Waals surface area contributed by atoms with Gasteiger partial charge in [0.15, 0.2) is 5.65 Å². The summed E-state index contributed by atoms with van der Waals surface area (Å²) in [5, 5.41) is 0.650. The predicted molar refractivity (Wildman–Crippen MR) is 57.9 cm³/mol. The van der Waals surface area contributed by atoms with Crippen molar-refractivity contribution in [2.75, 3.05) is 0 Å². The molecule has 0 N–H and O–H groups in total. The molecule has 0 aliphatic carbocycles. The molecule has 3 aromatic rings. The smallest absolute Gasteiger partial charge is 0.280 e. The van der Waals surface area contributed by atoms with Gasteiger partial charge >= 0.3 is 0 Å². The number of rotatable bonds is 0. The molecular formula is C11H9N3O. The van der Waals surface area contributed by atoms with Gasteiger partial charge in [-0.05, 0) is 12.1 Å². The van der Waals surface area contributed by atoms with Gasteiger partial charge in [-0.25, -0.2) is 4.98 Å². The molecule has 2 heterocycles. The van der Waals surface area contributed by atoms with Gasteiger partial charge < -0.3 is 0 Å². The van der Waals surface area contributed by atoms with Crippen LogP contribution >= 0.6 is 0 Å². The van der Waals surface area contributed by atoms with E-state index < -0.39 is 0 Å². The topological polar surface area (TPSA) is 39.3 Å². The molecule has 0 saturated heterocycles. The van der Waals surface area contributed by atoms with Gasteiger partial charge in [-0.1, -0.05) is 12.1 Å². The molecule has 0 fully saturated rings. The monoisotopic (exact) mass is 199 g/mol. The molecule has 0 aliphatic heterocycles. The van der Waals surface area contributed by atoms with Crippen LogP contribution in [-0.4, -0.2) is 14.2 Å². The molecule has 15 heavy (non-hydrogen) atoms. The summed E-state index contributed by atoms with van der Waals surface area (Å²) in [6, 6.07) is 9.20. The molecule has 74 valence electrons. The fourth-order valence-electron chi connectivity index (χ4n) is 1.79. The first-order valence-corrected chi connectivity index (χ1v) is 4.70. The molecule has 0 saturated carbocycles. The quantitative estimate of drug-likeness (QED) is 0.545. The van der Waals surface area contributed by atoms with Crippen molar-refractivity contribution < 1.29 is 0 Å². The lowest BCUT2D eigenvalue weighted by molar-refractivity contribution is 0.686. The lowest BCUT2D eigenvalue weighted by Crippen LogP contribution is -2.19. The Morgan fingerprint density at radius 2 is 2.00 bits per heavy atom. The van der Waals surface area contributed by atoms with Gasteiger partial charge in [0.05, 0.1) is 10.9 Å². The lowest BCUT2D eigenvalue weighted by Gasteiger charge is -2.01. The summed E-state index contributed by atoms with van der Waals surface area (Å²) in [4.78, 5) is 16.5. The highest BCUT2D eigenvalue weighted by atomic mass is 16.1. The minimum atomic E-state index is -0.0249. The Bertz CT molecular complexity index is 708. The van der Waals surface area contributed by atoms with Crippen molar-refractivity contribution >= 4 is 16.6 Å². The zero-order chi connectivity index (χ0) is 10.4. The summed E-state index contributed by atoms with van der Waals surface area (Å²) in [6.07, 6.45) is 1.82. The number of aromatic nitrogens is 3. The summed E-state index contributed by atoms with van der Waals surface area (Å²) in [7, 11) is 1.82. The summed E-state index contributed by atoms with van der Waals surface area (Å²) in [5.74, 6) is 0. The van der Waals surface area contributed by atoms with Gasteiger partial charge in [0.1, 0.15) is 0 Å². The molecule has 0 spiro atoms. The van der Waals surface area contributed by atoms with E-state index in [2.05, 4.69) is 4.98 Å². The average molecular weight is 199 g/mol. The highest BCUT2D eigenvalue weighted by Gasteiger charge is 2.05. The number of benzene rings is 1. The maximum atomic E-state index is 12.1. The summed E-state index contributed by atoms with van der Waals surface area (Å²) >= 11 is 0. The van der Waals surface area contributed by atoms with Crippen LogP contribution in [0.2, 0.25) is 0 Å². The Morgan fingerprint density at radius 1 is 1.20 bits per heavy atom. The second-order valence-electron chi connectivity index (χ2n) is 3.49. The third-order valence-electron chi connectivity index (χ3n) is 2.53. The molecule has 0 amide bonds. The average Bonchev–Trinajstić information content (AvgIpc) is 2.61. The van der Waals surface area contributed by atoms with E-state index in [4.69, 9.17) is 0 Å². The maximum absolute atomic E-state index is 12.1. The van der Waals surface area contributed by atoms with E-state index in [0.29, 0.717) is 11.0 Å². The SMILES string of the molecule is Cn1ccc2nc3ccccc3c(=O)n21. The van der Waals surface area contributed by atoms with E-state index in [0.717, 1.165) is 5.52 Å². The van der Waals surface area contributed by atoms with Crippen LogP contribution in [0.5, 0.6) is 0 Å². The van der Waals surface area contributed by atoms with Crippen LogP contribution in [0.3, 0.4) is 0 Å². The normalized spacial score (nSPS) is 11.3. The molecule has 0 aliphatic rings. The fraction of sp³-hybridized carbons (Fsp3) is 0.0909. The third-order valence-corrected chi connectivity index (χ3v) is 2.53. The van der Waals surface area contributed by atoms with Crippen LogP contribution in [-0.2, 0) is 7.05 Å². The molecule has 3 rings (SSSR count). The summed E-state index contributed by atoms with van der Waals surface area (Å²) in [5.41, 5.74) is 1.40. The van der Waals surface area contributed by atoms with Crippen LogP contribution < -0.4 is 5.56 Å². The molecule has 0 bridgehead atoms. The van der Waals surface area contributed by atoms with E-state index >= 15 is 0 Å². The number of hydrogen-bond donors (Lipinski definition) is 0. The number of hydrogen-bond acceptors (Lipinski definition) is 2. The first-order chi connectivity index (χ1) is 7.27. The van der Waals surface area contributed by atoms with Crippen LogP contribution in [0.1, 0.15) is 0 Å². The zero-order valence-corrected chi connectivity index (χ0v) is 8.21. The Labute approximate surface area is 85.4 Å². The van der Waals surface area contributed by atoms with Crippen molar-refractivity contribution in [3.63, 3.8) is 0 Å². The molecular weight excluding hydrogens is 190 g/mol. The first kappa shape index (κ1) is 8.23. The Morgan fingerprint density at radius 3 is 2.87 bits per heavy atom. The number of nitrogens with zero attached hydrogens (tertiary/aromatic N) is 3. The van der Waals surface area contributed by atoms with E-state index in [1.165, 1.54) is 0 Å². The molecule has 4 nitrogen and oxygen atoms in total. The molecule has 1 aromatic carbocycles. The van der Waals surface area contributed by atoms with Gasteiger partial charge in [-0.15, -0.1) is 0 Å². The Hall–Kier alpha value is -2.10. The second kappa shape index (κ2) is 2.70. The Balaban J connectivity index is 2.69. The van der Waals surface area contributed by atoms with E-state index in [1.807, 2.05) is 37.5 Å². The maximum Gasteiger partial charge on any atom is 0.280 e. The first-order valence-electron chi connectivity index (χ1n) is 4.70. The minimum absolute atomic E-state index is 0.0249. The largest absolute Gasteiger partial charge is 0.287 e. The zero-order valence-electron chi connectivity index (χ0n) is 8.21. The highest BCUT2D eigenvalue weighted by Crippen LogP contribution is 2.08. The molecule has 2 aromatic heterocycles. The van der Waals surface area contributed by atoms with Gasteiger partial charge in [-0.3, -0.25) is 9.48 Å². The highest BCUT2D eigenvalue weighted by molar-refractivity contribution is 5.79. The van der Waals surface area contributed by atoms with Gasteiger partial charge in [0, 0.05) is 19.3 Å². The van der Waals surface area contributed by atoms with Crippen molar-refractivity contribution in [1.29, 1.82) is 0 Å². The predicted octanol–water partition coefficient (Wildman–Crippen LogP) is 1.19. The molecule has 0 atom stereocenters. The van der Waals surface area contributed by atoms with Gasteiger partial charge in [0.2, 0.25) is 0 Å². The minimum Gasteiger partial charge on any atom is -0.287 e. The van der Waals surface area contributed by atoms with E-state index in [9.17, 15) is 4.79 Å². The van der Waals surface area contributed by atoms with Crippen LogP contribution in [0.25, 0.3) is 16.6 Å². The molecule has 0 unspecified atom stereocenters. The van der Waals surface area contributed by atoms with Gasteiger partial charge in [-0.2, -0.15) is 4.52 Å². The molecule has 4 heteroatoms. The fourth-order valence-corrected chi connectivity index (χ4v) is 1.79. The standard InChI is InChI=1S/C11H9N3O/c1-13-7-6-10-12-9-5-3-2-4-8(9)11(15)14(10)13/h2-7H,1H3. The number of aryl methyl sites for hydroxylation is 1. The van der Waals surface area contributed by atoms with Crippen molar-refractivity contribution in [1.82, 2.24) is 14.2 Å². The van der Waals surface area contributed by atoms with Gasteiger partial charge in [0.25, 0.3) is 5.56 Å². The number of para-hydroxylation sites is 1. The van der Waals surface area contributed by atoms with Crippen molar-refractivity contribution in [3.8, 4) is 0 Å². The van der Waals surface area contributed by atoms with Crippen LogP contribution in [0.15, 0.2) is 41.3 Å². The van der Waals surface area contributed by atoms with Crippen molar-refractivity contribution in [2.45, 2.75) is 0 Å². The van der Waals surface area contributed by atoms with Crippen LogP contribution in [0, 0.1) is 0 Å². The van der Waals surface area contributed by atoms with E-state index in [-0.39, 0.29) is 5.56 Å².